The van der Waals surface area contributed by atoms with Crippen LogP contribution in [0.4, 0.5) is 5.69 Å². The summed E-state index contributed by atoms with van der Waals surface area (Å²) in [6.07, 6.45) is 5.56. The van der Waals surface area contributed by atoms with E-state index in [9.17, 15) is 4.79 Å². The first kappa shape index (κ1) is 17.7. The minimum absolute atomic E-state index is 0. The fraction of sp³-hybridized carbons (Fsp3) is 0.467. The van der Waals surface area contributed by atoms with Crippen LogP contribution in [0.25, 0.3) is 0 Å². The highest BCUT2D eigenvalue weighted by Gasteiger charge is 2.20. The first-order valence-corrected chi connectivity index (χ1v) is 7.10. The lowest BCUT2D eigenvalue weighted by molar-refractivity contribution is -0.120. The molecule has 0 bridgehead atoms. The van der Waals surface area contributed by atoms with Crippen molar-refractivity contribution in [2.45, 2.75) is 38.6 Å². The summed E-state index contributed by atoms with van der Waals surface area (Å²) < 4.78 is 0. The van der Waals surface area contributed by atoms with Crippen LogP contribution < -0.4 is 16.8 Å². The Hall–Kier alpha value is -1.31. The molecule has 0 aromatic heterocycles. The number of nitrogens with one attached hydrogen (secondary N) is 1. The average Bonchev–Trinajstić information content (AvgIpc) is 2.46. The lowest BCUT2D eigenvalue weighted by Crippen LogP contribution is -2.24. The van der Waals surface area contributed by atoms with Crippen LogP contribution in [0.1, 0.15) is 37.7 Å². The zero-order valence-electron chi connectivity index (χ0n) is 12.0. The maximum absolute atomic E-state index is 12.2. The number of nitrogens with zero attached hydrogens (tertiary/aromatic N) is 1. The van der Waals surface area contributed by atoms with Gasteiger partial charge in [0.25, 0.3) is 0 Å². The van der Waals surface area contributed by atoms with Gasteiger partial charge in [0, 0.05) is 11.6 Å². The number of hydrogen-bond donors (Lipinski definition) is 3. The molecule has 0 aliphatic heterocycles. The van der Waals surface area contributed by atoms with E-state index in [1.807, 2.05) is 24.3 Å². The molecule has 116 valence electrons. The summed E-state index contributed by atoms with van der Waals surface area (Å²) in [4.78, 5) is 16.1. The van der Waals surface area contributed by atoms with Gasteiger partial charge in [-0.25, -0.2) is 4.99 Å². The highest BCUT2D eigenvalue weighted by molar-refractivity contribution is 14.0. The van der Waals surface area contributed by atoms with Gasteiger partial charge in [0.15, 0.2) is 5.96 Å². The van der Waals surface area contributed by atoms with E-state index in [0.717, 1.165) is 36.9 Å². The minimum atomic E-state index is 0. The average molecular weight is 402 g/mol. The van der Waals surface area contributed by atoms with Crippen molar-refractivity contribution in [3.63, 3.8) is 0 Å². The van der Waals surface area contributed by atoms with E-state index in [0.29, 0.717) is 6.54 Å². The molecule has 1 aromatic carbocycles. The quantitative estimate of drug-likeness (QED) is 0.411. The molecule has 0 spiro atoms. The molecule has 1 aliphatic rings. The van der Waals surface area contributed by atoms with Crippen molar-refractivity contribution < 1.29 is 4.79 Å². The minimum Gasteiger partial charge on any atom is -0.370 e. The van der Waals surface area contributed by atoms with Crippen LogP contribution in [0.15, 0.2) is 29.3 Å². The number of benzene rings is 1. The van der Waals surface area contributed by atoms with Crippen molar-refractivity contribution in [2.24, 2.45) is 22.4 Å². The van der Waals surface area contributed by atoms with E-state index in [2.05, 4.69) is 10.3 Å². The third-order valence-electron chi connectivity index (χ3n) is 3.61. The van der Waals surface area contributed by atoms with Crippen molar-refractivity contribution in [1.29, 1.82) is 0 Å². The molecule has 1 fully saturated rings. The molecule has 1 aromatic rings. The summed E-state index contributed by atoms with van der Waals surface area (Å²) in [7, 11) is 0. The summed E-state index contributed by atoms with van der Waals surface area (Å²) in [5.41, 5.74) is 12.4. The van der Waals surface area contributed by atoms with E-state index in [1.54, 1.807) is 0 Å². The number of aliphatic imine (C=N–C) groups is 1. The van der Waals surface area contributed by atoms with Crippen LogP contribution in [-0.2, 0) is 11.3 Å². The van der Waals surface area contributed by atoms with Gasteiger partial charge in [0.2, 0.25) is 5.91 Å². The summed E-state index contributed by atoms with van der Waals surface area (Å²) in [6, 6.07) is 7.63. The zero-order valence-corrected chi connectivity index (χ0v) is 14.4. The fourth-order valence-corrected chi connectivity index (χ4v) is 2.54. The maximum atomic E-state index is 12.2. The van der Waals surface area contributed by atoms with Gasteiger partial charge in [-0.2, -0.15) is 0 Å². The number of carbonyl (C=O) groups excluding carboxylic acids is 1. The smallest absolute Gasteiger partial charge is 0.227 e. The van der Waals surface area contributed by atoms with Crippen LogP contribution in [0.5, 0.6) is 0 Å². The third-order valence-corrected chi connectivity index (χ3v) is 3.61. The second kappa shape index (κ2) is 8.86. The predicted molar refractivity (Wildman–Crippen MR) is 96.6 cm³/mol. The summed E-state index contributed by atoms with van der Waals surface area (Å²) in [6.45, 7) is 0.426. The SMILES string of the molecule is I.NC(N)=NCc1cccc(NC(=O)C2CCCCC2)c1. The summed E-state index contributed by atoms with van der Waals surface area (Å²) in [5.74, 6) is 0.357. The number of amides is 1. The lowest BCUT2D eigenvalue weighted by atomic mass is 9.88. The first-order valence-electron chi connectivity index (χ1n) is 7.10. The molecule has 21 heavy (non-hydrogen) atoms. The van der Waals surface area contributed by atoms with E-state index < -0.39 is 0 Å². The fourth-order valence-electron chi connectivity index (χ4n) is 2.54. The van der Waals surface area contributed by atoms with Crippen molar-refractivity contribution in [2.75, 3.05) is 5.32 Å². The Balaban J connectivity index is 0.00000220. The molecule has 5 nitrogen and oxygen atoms in total. The Morgan fingerprint density at radius 3 is 2.62 bits per heavy atom. The summed E-state index contributed by atoms with van der Waals surface area (Å²) in [5, 5.41) is 2.99. The van der Waals surface area contributed by atoms with Crippen molar-refractivity contribution in [3.8, 4) is 0 Å². The lowest BCUT2D eigenvalue weighted by Gasteiger charge is -2.20. The molecular formula is C15H23IN4O. The molecule has 1 aliphatic carbocycles. The molecule has 5 N–H and O–H groups in total. The van der Waals surface area contributed by atoms with Crippen LogP contribution in [0, 0.1) is 5.92 Å². The second-order valence-electron chi connectivity index (χ2n) is 5.27. The Morgan fingerprint density at radius 2 is 1.95 bits per heavy atom. The van der Waals surface area contributed by atoms with Gasteiger partial charge in [0.05, 0.1) is 6.54 Å². The molecule has 0 atom stereocenters. The second-order valence-corrected chi connectivity index (χ2v) is 5.27. The van der Waals surface area contributed by atoms with E-state index in [-0.39, 0.29) is 41.8 Å². The first-order chi connectivity index (χ1) is 9.65. The predicted octanol–water partition coefficient (Wildman–Crippen LogP) is 2.60. The van der Waals surface area contributed by atoms with Crippen LogP contribution in [0.2, 0.25) is 0 Å². The molecule has 6 heteroatoms. The van der Waals surface area contributed by atoms with Crippen molar-refractivity contribution in [1.82, 2.24) is 0 Å². The number of guanidine groups is 1. The summed E-state index contributed by atoms with van der Waals surface area (Å²) >= 11 is 0. The Morgan fingerprint density at radius 1 is 1.24 bits per heavy atom. The highest BCUT2D eigenvalue weighted by Crippen LogP contribution is 2.25. The topological polar surface area (TPSA) is 93.5 Å². The number of carbonyl (C=O) groups is 1. The van der Waals surface area contributed by atoms with Gasteiger partial charge in [-0.1, -0.05) is 31.4 Å². The van der Waals surface area contributed by atoms with Crippen LogP contribution in [-0.4, -0.2) is 11.9 Å². The zero-order chi connectivity index (χ0) is 14.4. The van der Waals surface area contributed by atoms with Gasteiger partial charge >= 0.3 is 0 Å². The molecule has 2 rings (SSSR count). The molecular weight excluding hydrogens is 379 g/mol. The number of rotatable bonds is 4. The van der Waals surface area contributed by atoms with Gasteiger partial charge < -0.3 is 16.8 Å². The van der Waals surface area contributed by atoms with Gasteiger partial charge in [-0.05, 0) is 30.5 Å². The van der Waals surface area contributed by atoms with E-state index >= 15 is 0 Å². The Bertz CT molecular complexity index is 494. The van der Waals surface area contributed by atoms with E-state index in [4.69, 9.17) is 11.5 Å². The van der Waals surface area contributed by atoms with Gasteiger partial charge in [-0.3, -0.25) is 4.79 Å². The maximum Gasteiger partial charge on any atom is 0.227 e. The number of hydrogen-bond acceptors (Lipinski definition) is 2. The molecule has 0 unspecified atom stereocenters. The third kappa shape index (κ3) is 5.91. The largest absolute Gasteiger partial charge is 0.370 e. The normalized spacial score (nSPS) is 14.9. The Labute approximate surface area is 142 Å². The molecule has 0 radical (unpaired) electrons. The Kier molecular flexibility index (Phi) is 7.49. The molecule has 0 heterocycles. The monoisotopic (exact) mass is 402 g/mol. The molecule has 1 saturated carbocycles. The number of anilines is 1. The van der Waals surface area contributed by atoms with Crippen molar-refractivity contribution >= 4 is 41.5 Å². The molecule has 0 saturated heterocycles. The van der Waals surface area contributed by atoms with Crippen molar-refractivity contribution in [3.05, 3.63) is 29.8 Å². The van der Waals surface area contributed by atoms with Gasteiger partial charge in [0.1, 0.15) is 0 Å². The number of nitrogens with two attached hydrogens (primary N) is 2. The van der Waals surface area contributed by atoms with Crippen LogP contribution >= 0.6 is 24.0 Å². The number of halogens is 1. The highest BCUT2D eigenvalue weighted by atomic mass is 127. The van der Waals surface area contributed by atoms with Gasteiger partial charge in [-0.15, -0.1) is 24.0 Å². The standard InChI is InChI=1S/C15H22N4O.HI/c16-15(17)18-10-11-5-4-8-13(9-11)19-14(20)12-6-2-1-3-7-12;/h4-5,8-9,12H,1-3,6-7,10H2,(H,19,20)(H4,16,17,18);1H. The van der Waals surface area contributed by atoms with Crippen LogP contribution in [0.3, 0.4) is 0 Å². The van der Waals surface area contributed by atoms with E-state index in [1.165, 1.54) is 6.42 Å². The molecule has 1 amide bonds.